The van der Waals surface area contributed by atoms with E-state index in [1.807, 2.05) is 20.8 Å². The van der Waals surface area contributed by atoms with Crippen molar-refractivity contribution in [3.63, 3.8) is 0 Å². The molecule has 2 unspecified atom stereocenters. The lowest BCUT2D eigenvalue weighted by Crippen LogP contribution is -2.46. The van der Waals surface area contributed by atoms with Crippen LogP contribution < -0.4 is 21.7 Å². The van der Waals surface area contributed by atoms with Gasteiger partial charge in [-0.15, -0.1) is 11.3 Å². The topological polar surface area (TPSA) is 140 Å². The van der Waals surface area contributed by atoms with E-state index in [0.717, 1.165) is 11.3 Å². The lowest BCUT2D eigenvalue weighted by Gasteiger charge is -2.15. The van der Waals surface area contributed by atoms with Gasteiger partial charge in [0, 0.05) is 13.1 Å². The molecule has 0 bridgehead atoms. The molecule has 2 rings (SSSR count). The summed E-state index contributed by atoms with van der Waals surface area (Å²) in [5, 5.41) is 8.29. The molecule has 1 aromatic heterocycles. The number of ether oxygens (including phenoxy) is 1. The van der Waals surface area contributed by atoms with Gasteiger partial charge in [0.2, 0.25) is 11.8 Å². The first kappa shape index (κ1) is 28.9. The van der Waals surface area contributed by atoms with Crippen LogP contribution in [0.15, 0.2) is 24.3 Å². The number of carbonyl (C=O) groups excluding carboxylic acids is 4. The van der Waals surface area contributed by atoms with Crippen LogP contribution in [0.25, 0.3) is 0 Å². The normalized spacial score (nSPS) is 12.6. The predicted octanol–water partition coefficient (Wildman–Crippen LogP) is 2.94. The summed E-state index contributed by atoms with van der Waals surface area (Å²) >= 11 is 0.953. The minimum Gasteiger partial charge on any atom is -0.465 e. The van der Waals surface area contributed by atoms with Crippen molar-refractivity contribution in [3.8, 4) is 0 Å². The lowest BCUT2D eigenvalue weighted by molar-refractivity contribution is -0.123. The zero-order valence-electron chi connectivity index (χ0n) is 21.1. The third-order valence-corrected chi connectivity index (χ3v) is 6.91. The van der Waals surface area contributed by atoms with Gasteiger partial charge in [0.15, 0.2) is 0 Å². The smallest absolute Gasteiger partial charge is 0.341 e. The molecule has 11 heteroatoms. The molecule has 5 N–H and O–H groups in total. The minimum atomic E-state index is -0.692. The third-order valence-electron chi connectivity index (χ3n) is 5.71. The summed E-state index contributed by atoms with van der Waals surface area (Å²) in [4.78, 5) is 50.5. The van der Waals surface area contributed by atoms with Crippen LogP contribution in [0.1, 0.15) is 64.3 Å². The van der Waals surface area contributed by atoms with E-state index in [0.29, 0.717) is 17.5 Å². The van der Waals surface area contributed by atoms with Gasteiger partial charge in [-0.05, 0) is 42.5 Å². The first-order valence-corrected chi connectivity index (χ1v) is 12.4. The van der Waals surface area contributed by atoms with Gasteiger partial charge in [0.1, 0.15) is 10.8 Å². The van der Waals surface area contributed by atoms with E-state index in [4.69, 9.17) is 10.5 Å². The molecule has 196 valence electrons. The Kier molecular flexibility index (Phi) is 10.5. The largest absolute Gasteiger partial charge is 0.465 e. The number of rotatable bonds is 11. The van der Waals surface area contributed by atoms with Crippen molar-refractivity contribution in [2.75, 3.05) is 25.5 Å². The average molecular weight is 521 g/mol. The number of halogens is 1. The summed E-state index contributed by atoms with van der Waals surface area (Å²) in [5.74, 6) is -2.87. The van der Waals surface area contributed by atoms with Crippen molar-refractivity contribution in [3.05, 3.63) is 51.7 Å². The highest BCUT2D eigenvalue weighted by molar-refractivity contribution is 7.18. The van der Waals surface area contributed by atoms with Crippen molar-refractivity contribution in [1.29, 1.82) is 0 Å². The number of benzene rings is 1. The van der Waals surface area contributed by atoms with E-state index in [-0.39, 0.29) is 40.4 Å². The maximum atomic E-state index is 13.3. The lowest BCUT2D eigenvalue weighted by atomic mass is 9.95. The Morgan fingerprint density at radius 3 is 2.22 bits per heavy atom. The molecule has 0 radical (unpaired) electrons. The number of thiophene rings is 1. The molecule has 3 amide bonds. The first-order valence-electron chi connectivity index (χ1n) is 11.6. The van der Waals surface area contributed by atoms with Crippen LogP contribution in [0.4, 0.5) is 9.39 Å². The van der Waals surface area contributed by atoms with Gasteiger partial charge in [0.05, 0.1) is 29.5 Å². The maximum Gasteiger partial charge on any atom is 0.341 e. The Balaban J connectivity index is 2.17. The minimum absolute atomic E-state index is 0.0194. The summed E-state index contributed by atoms with van der Waals surface area (Å²) in [5.41, 5.74) is 6.87. The van der Waals surface area contributed by atoms with Crippen molar-refractivity contribution in [2.45, 2.75) is 46.1 Å². The summed E-state index contributed by atoms with van der Waals surface area (Å²) in [6.07, 6.45) is 0.439. The quantitative estimate of drug-likeness (QED) is 0.265. The second kappa shape index (κ2) is 13.1. The number of esters is 1. The molecule has 0 spiro atoms. The standard InChI is InChI=1S/C25H33FN4O5S/c1-6-17(15-7-9-16(26)10-8-15)21(31)30-24-18(25(34)35-5)14(4)20(36-24)23(33)29-12-11-28-22(32)19(27)13(2)3/h7-10,13,17,19H,6,11-12,27H2,1-5H3,(H,28,32)(H,29,33)(H,30,31). The van der Waals surface area contributed by atoms with E-state index < -0.39 is 35.6 Å². The van der Waals surface area contributed by atoms with Crippen LogP contribution in [0.5, 0.6) is 0 Å². The predicted molar refractivity (Wildman–Crippen MR) is 137 cm³/mol. The molecule has 0 aliphatic carbocycles. The fourth-order valence-corrected chi connectivity index (χ4v) is 4.61. The molecule has 0 saturated carbocycles. The van der Waals surface area contributed by atoms with Crippen LogP contribution in [0.3, 0.4) is 0 Å². The number of amides is 3. The van der Waals surface area contributed by atoms with Gasteiger partial charge in [-0.25, -0.2) is 9.18 Å². The highest BCUT2D eigenvalue weighted by Gasteiger charge is 2.28. The van der Waals surface area contributed by atoms with E-state index in [9.17, 15) is 23.6 Å². The Labute approximate surface area is 214 Å². The van der Waals surface area contributed by atoms with Crippen LogP contribution in [-0.2, 0) is 14.3 Å². The number of nitrogens with two attached hydrogens (primary N) is 1. The van der Waals surface area contributed by atoms with Crippen LogP contribution in [0, 0.1) is 18.7 Å². The maximum absolute atomic E-state index is 13.3. The van der Waals surface area contributed by atoms with Gasteiger partial charge >= 0.3 is 5.97 Å². The van der Waals surface area contributed by atoms with E-state index >= 15 is 0 Å². The van der Waals surface area contributed by atoms with Crippen molar-refractivity contribution < 1.29 is 28.3 Å². The fraction of sp³-hybridized carbons (Fsp3) is 0.440. The number of carbonyl (C=O) groups is 4. The molecule has 9 nitrogen and oxygen atoms in total. The van der Waals surface area contributed by atoms with Gasteiger partial charge in [-0.3, -0.25) is 14.4 Å². The second-order valence-electron chi connectivity index (χ2n) is 8.57. The van der Waals surface area contributed by atoms with Crippen LogP contribution in [0.2, 0.25) is 0 Å². The molecule has 0 aliphatic heterocycles. The molecule has 1 aromatic carbocycles. The summed E-state index contributed by atoms with van der Waals surface area (Å²) in [7, 11) is 1.21. The monoisotopic (exact) mass is 520 g/mol. The van der Waals surface area contributed by atoms with Gasteiger partial charge in [0.25, 0.3) is 5.91 Å². The summed E-state index contributed by atoms with van der Waals surface area (Å²) in [6.45, 7) is 7.41. The number of hydrogen-bond acceptors (Lipinski definition) is 7. The molecule has 1 heterocycles. The van der Waals surface area contributed by atoms with Crippen molar-refractivity contribution >= 4 is 40.0 Å². The molecule has 0 fully saturated rings. The number of nitrogens with one attached hydrogen (secondary N) is 3. The van der Waals surface area contributed by atoms with Crippen LogP contribution >= 0.6 is 11.3 Å². The first-order chi connectivity index (χ1) is 17.0. The second-order valence-corrected chi connectivity index (χ2v) is 9.59. The van der Waals surface area contributed by atoms with E-state index in [2.05, 4.69) is 16.0 Å². The van der Waals surface area contributed by atoms with E-state index in [1.54, 1.807) is 6.92 Å². The molecule has 36 heavy (non-hydrogen) atoms. The fourth-order valence-electron chi connectivity index (χ4n) is 3.50. The van der Waals surface area contributed by atoms with E-state index in [1.165, 1.54) is 31.4 Å². The van der Waals surface area contributed by atoms with Gasteiger partial charge < -0.3 is 26.4 Å². The summed E-state index contributed by atoms with van der Waals surface area (Å²) < 4.78 is 18.2. The van der Waals surface area contributed by atoms with Gasteiger partial charge in [-0.1, -0.05) is 32.9 Å². The average Bonchev–Trinajstić information content (AvgIpc) is 3.17. The Morgan fingerprint density at radius 2 is 1.67 bits per heavy atom. The Hall–Kier alpha value is -3.31. The van der Waals surface area contributed by atoms with Crippen LogP contribution in [-0.4, -0.2) is 49.9 Å². The van der Waals surface area contributed by atoms with Crippen molar-refractivity contribution in [1.82, 2.24) is 10.6 Å². The molecular formula is C25H33FN4O5S. The molecule has 2 aromatic rings. The SMILES string of the molecule is CCC(C(=O)Nc1sc(C(=O)NCCNC(=O)C(N)C(C)C)c(C)c1C(=O)OC)c1ccc(F)cc1. The zero-order valence-corrected chi connectivity index (χ0v) is 21.9. The zero-order chi connectivity index (χ0) is 27.0. The van der Waals surface area contributed by atoms with Gasteiger partial charge in [-0.2, -0.15) is 0 Å². The van der Waals surface area contributed by atoms with Crippen molar-refractivity contribution in [2.24, 2.45) is 11.7 Å². The Bertz CT molecular complexity index is 1100. The molecule has 0 aliphatic rings. The molecular weight excluding hydrogens is 487 g/mol. The molecule has 0 saturated heterocycles. The summed E-state index contributed by atoms with van der Waals surface area (Å²) in [6, 6.07) is 4.99. The third kappa shape index (κ3) is 7.11. The Morgan fingerprint density at radius 1 is 1.06 bits per heavy atom. The highest BCUT2D eigenvalue weighted by atomic mass is 32.1. The number of methoxy groups -OCH3 is 1. The number of hydrogen-bond donors (Lipinski definition) is 4. The highest BCUT2D eigenvalue weighted by Crippen LogP contribution is 2.35. The molecule has 2 atom stereocenters. The number of anilines is 1.